The molecule has 15 heavy (non-hydrogen) atoms. The summed E-state index contributed by atoms with van der Waals surface area (Å²) in [6.07, 6.45) is 4.29. The molecular formula is C11H15NO3. The third-order valence-corrected chi connectivity index (χ3v) is 2.33. The summed E-state index contributed by atoms with van der Waals surface area (Å²) in [5.41, 5.74) is 0.0989. The maximum Gasteiger partial charge on any atom is 0.359 e. The number of rotatable bonds is 3. The molecule has 82 valence electrons. The average Bonchev–Trinajstić information content (AvgIpc) is 2.42. The molecule has 1 saturated heterocycles. The first-order valence-electron chi connectivity index (χ1n) is 4.98. The molecule has 0 aromatic rings. The van der Waals surface area contributed by atoms with Gasteiger partial charge in [-0.15, -0.1) is 0 Å². The van der Waals surface area contributed by atoms with Crippen molar-refractivity contribution in [2.24, 2.45) is 0 Å². The molecule has 1 aliphatic heterocycles. The van der Waals surface area contributed by atoms with Gasteiger partial charge >= 0.3 is 5.97 Å². The van der Waals surface area contributed by atoms with Crippen molar-refractivity contribution in [3.63, 3.8) is 0 Å². The van der Waals surface area contributed by atoms with Crippen molar-refractivity contribution in [1.29, 1.82) is 0 Å². The zero-order valence-electron chi connectivity index (χ0n) is 8.70. The number of nitrogens with zero attached hydrogens (tertiary/aromatic N) is 1. The highest BCUT2D eigenvalue weighted by molar-refractivity contribution is 5.93. The molecule has 0 aromatic heterocycles. The van der Waals surface area contributed by atoms with Crippen molar-refractivity contribution >= 4 is 11.9 Å². The summed E-state index contributed by atoms with van der Waals surface area (Å²) in [4.78, 5) is 24.3. The van der Waals surface area contributed by atoms with Crippen molar-refractivity contribution in [2.45, 2.75) is 25.7 Å². The fourth-order valence-electron chi connectivity index (χ4n) is 1.52. The van der Waals surface area contributed by atoms with Crippen LogP contribution in [0.5, 0.6) is 0 Å². The molecule has 1 aliphatic rings. The summed E-state index contributed by atoms with van der Waals surface area (Å²) in [5.74, 6) is -0.668. The molecule has 1 amide bonds. The topological polar surface area (TPSA) is 46.6 Å². The lowest BCUT2D eigenvalue weighted by Crippen LogP contribution is -2.33. The number of ether oxygens (including phenoxy) is 1. The lowest BCUT2D eigenvalue weighted by atomic mass is 10.2. The van der Waals surface area contributed by atoms with E-state index in [-0.39, 0.29) is 11.6 Å². The first-order chi connectivity index (χ1) is 7.16. The lowest BCUT2D eigenvalue weighted by molar-refractivity contribution is -0.140. The minimum absolute atomic E-state index is 0.0569. The summed E-state index contributed by atoms with van der Waals surface area (Å²) in [7, 11) is 0. The van der Waals surface area contributed by atoms with E-state index in [0.29, 0.717) is 13.0 Å². The van der Waals surface area contributed by atoms with Crippen LogP contribution in [0, 0.1) is 0 Å². The van der Waals surface area contributed by atoms with Crippen molar-refractivity contribution in [1.82, 2.24) is 4.90 Å². The number of likely N-dealkylation sites (tertiary alicyclic amines) is 1. The molecule has 0 radical (unpaired) electrons. The van der Waals surface area contributed by atoms with Crippen LogP contribution >= 0.6 is 0 Å². The van der Waals surface area contributed by atoms with Crippen LogP contribution in [0.15, 0.2) is 25.1 Å². The van der Waals surface area contributed by atoms with Crippen LogP contribution in [0.1, 0.15) is 25.7 Å². The van der Waals surface area contributed by atoms with Crippen molar-refractivity contribution in [2.75, 3.05) is 6.54 Å². The Kier molecular flexibility index (Phi) is 4.09. The highest BCUT2D eigenvalue weighted by Gasteiger charge is 2.23. The van der Waals surface area contributed by atoms with Gasteiger partial charge in [-0.25, -0.2) is 4.79 Å². The van der Waals surface area contributed by atoms with Crippen LogP contribution in [-0.2, 0) is 14.3 Å². The van der Waals surface area contributed by atoms with Gasteiger partial charge in [0.2, 0.25) is 5.91 Å². The van der Waals surface area contributed by atoms with E-state index >= 15 is 0 Å². The summed E-state index contributed by atoms with van der Waals surface area (Å²) in [5, 5.41) is 0. The highest BCUT2D eigenvalue weighted by Crippen LogP contribution is 2.15. The predicted octanol–water partition coefficient (Wildman–Crippen LogP) is 1.59. The molecule has 1 rings (SSSR count). The molecule has 0 aromatic carbocycles. The van der Waals surface area contributed by atoms with Gasteiger partial charge in [-0.1, -0.05) is 19.6 Å². The zero-order chi connectivity index (χ0) is 11.3. The molecule has 0 atom stereocenters. The van der Waals surface area contributed by atoms with Gasteiger partial charge in [0.15, 0.2) is 0 Å². The lowest BCUT2D eigenvalue weighted by Gasteiger charge is -2.20. The van der Waals surface area contributed by atoms with E-state index in [1.165, 1.54) is 4.90 Å². The fraction of sp³-hybridized carbons (Fsp3) is 0.455. The van der Waals surface area contributed by atoms with Gasteiger partial charge in [-0.3, -0.25) is 4.79 Å². The number of carbonyl (C=O) groups is 2. The Bertz CT molecular complexity index is 296. The molecule has 1 fully saturated rings. The molecule has 4 nitrogen and oxygen atoms in total. The van der Waals surface area contributed by atoms with Gasteiger partial charge in [-0.05, 0) is 12.8 Å². The first kappa shape index (κ1) is 11.5. The van der Waals surface area contributed by atoms with Crippen molar-refractivity contribution in [3.8, 4) is 0 Å². The number of amides is 1. The summed E-state index contributed by atoms with van der Waals surface area (Å²) in [6, 6.07) is 0. The molecule has 0 aliphatic carbocycles. The van der Waals surface area contributed by atoms with Crippen LogP contribution in [0.25, 0.3) is 0 Å². The van der Waals surface area contributed by atoms with E-state index in [2.05, 4.69) is 17.9 Å². The second-order valence-electron chi connectivity index (χ2n) is 3.37. The van der Waals surface area contributed by atoms with Gasteiger partial charge in [-0.2, -0.15) is 0 Å². The van der Waals surface area contributed by atoms with Crippen molar-refractivity contribution in [3.05, 3.63) is 25.1 Å². The van der Waals surface area contributed by atoms with Gasteiger partial charge in [0.05, 0.1) is 6.26 Å². The Hall–Kier alpha value is -1.58. The zero-order valence-corrected chi connectivity index (χ0v) is 8.70. The standard InChI is InChI=1S/C11H15NO3/c1-3-15-11(14)9(2)12-8-6-4-5-7-10(12)13/h3H,1-2,4-8H2. The van der Waals surface area contributed by atoms with E-state index in [4.69, 9.17) is 0 Å². The summed E-state index contributed by atoms with van der Waals surface area (Å²) in [6.45, 7) is 7.40. The van der Waals surface area contributed by atoms with Gasteiger partial charge in [0, 0.05) is 13.0 Å². The van der Waals surface area contributed by atoms with Crippen LogP contribution in [0.4, 0.5) is 0 Å². The maximum absolute atomic E-state index is 11.6. The largest absolute Gasteiger partial charge is 0.430 e. The summed E-state index contributed by atoms with van der Waals surface area (Å²) < 4.78 is 4.58. The Morgan fingerprint density at radius 2 is 2.13 bits per heavy atom. The van der Waals surface area contributed by atoms with Gasteiger partial charge < -0.3 is 9.64 Å². The molecule has 0 saturated carbocycles. The number of hydrogen-bond donors (Lipinski definition) is 0. The molecular weight excluding hydrogens is 194 g/mol. The molecule has 1 heterocycles. The third kappa shape index (κ3) is 2.94. The second kappa shape index (κ2) is 5.34. The molecule has 0 spiro atoms. The Labute approximate surface area is 89.2 Å². The van der Waals surface area contributed by atoms with E-state index in [0.717, 1.165) is 25.5 Å². The van der Waals surface area contributed by atoms with Gasteiger partial charge in [0.25, 0.3) is 0 Å². The Morgan fingerprint density at radius 1 is 1.40 bits per heavy atom. The Morgan fingerprint density at radius 3 is 2.80 bits per heavy atom. The monoisotopic (exact) mass is 209 g/mol. The molecule has 4 heteroatoms. The van der Waals surface area contributed by atoms with E-state index in [1.807, 2.05) is 0 Å². The number of hydrogen-bond acceptors (Lipinski definition) is 3. The molecule has 0 N–H and O–H groups in total. The van der Waals surface area contributed by atoms with Crippen LogP contribution < -0.4 is 0 Å². The second-order valence-corrected chi connectivity index (χ2v) is 3.37. The predicted molar refractivity (Wildman–Crippen MR) is 55.6 cm³/mol. The highest BCUT2D eigenvalue weighted by atomic mass is 16.5. The van der Waals surface area contributed by atoms with Crippen molar-refractivity contribution < 1.29 is 14.3 Å². The smallest absolute Gasteiger partial charge is 0.359 e. The fourth-order valence-corrected chi connectivity index (χ4v) is 1.52. The van der Waals surface area contributed by atoms with E-state index in [9.17, 15) is 9.59 Å². The van der Waals surface area contributed by atoms with Crippen LogP contribution in [0.3, 0.4) is 0 Å². The van der Waals surface area contributed by atoms with E-state index < -0.39 is 5.97 Å². The first-order valence-corrected chi connectivity index (χ1v) is 4.98. The molecule has 0 bridgehead atoms. The third-order valence-electron chi connectivity index (χ3n) is 2.33. The Balaban J connectivity index is 2.67. The minimum Gasteiger partial charge on any atom is -0.430 e. The normalized spacial score (nSPS) is 16.8. The van der Waals surface area contributed by atoms with Crippen LogP contribution in [-0.4, -0.2) is 23.3 Å². The summed E-state index contributed by atoms with van der Waals surface area (Å²) >= 11 is 0. The minimum atomic E-state index is -0.611. The number of carbonyl (C=O) groups excluding carboxylic acids is 2. The average molecular weight is 209 g/mol. The SMILES string of the molecule is C=COC(=O)C(=C)N1CCCCCC1=O. The number of esters is 1. The van der Waals surface area contributed by atoms with Crippen LogP contribution in [0.2, 0.25) is 0 Å². The quantitative estimate of drug-likeness (QED) is 0.403. The van der Waals surface area contributed by atoms with Gasteiger partial charge in [0.1, 0.15) is 5.70 Å². The van der Waals surface area contributed by atoms with E-state index in [1.54, 1.807) is 0 Å². The maximum atomic E-state index is 11.6. The molecule has 0 unspecified atom stereocenters.